The van der Waals surface area contributed by atoms with Gasteiger partial charge in [-0.1, -0.05) is 0 Å². The highest BCUT2D eigenvalue weighted by Crippen LogP contribution is 2.37. The monoisotopic (exact) mass is 305 g/mol. The minimum absolute atomic E-state index is 0.0272. The van der Waals surface area contributed by atoms with Crippen molar-refractivity contribution in [1.29, 1.82) is 0 Å². The summed E-state index contributed by atoms with van der Waals surface area (Å²) < 4.78 is 21.3. The van der Waals surface area contributed by atoms with E-state index in [1.807, 2.05) is 0 Å². The van der Waals surface area contributed by atoms with E-state index in [0.717, 1.165) is 4.57 Å². The van der Waals surface area contributed by atoms with E-state index in [1.165, 1.54) is 12.3 Å². The molecule has 1 aliphatic rings. The van der Waals surface area contributed by atoms with Crippen molar-refractivity contribution < 1.29 is 28.7 Å². The number of hydrogen-bond acceptors (Lipinski definition) is 9. The van der Waals surface area contributed by atoms with Crippen LogP contribution in [0.5, 0.6) is 0 Å². The Morgan fingerprint density at radius 1 is 1.65 bits per heavy atom. The third-order valence-corrected chi connectivity index (χ3v) is 3.32. The first-order valence-electron chi connectivity index (χ1n) is 5.61. The lowest BCUT2D eigenvalue weighted by Gasteiger charge is -2.32. The number of ether oxygens (including phenoxy) is 1. The molecule has 11 heteroatoms. The maximum atomic E-state index is 11.6. The van der Waals surface area contributed by atoms with Gasteiger partial charge in [-0.3, -0.25) is 4.57 Å². The lowest BCUT2D eigenvalue weighted by Crippen LogP contribution is -2.31. The number of aromatic nitrogens is 2. The molecule has 0 spiro atoms. The quantitative estimate of drug-likeness (QED) is 0.564. The number of rotatable bonds is 4. The molecule has 10 nitrogen and oxygen atoms in total. The van der Waals surface area contributed by atoms with Crippen molar-refractivity contribution in [3.05, 3.63) is 22.7 Å². The van der Waals surface area contributed by atoms with Crippen molar-refractivity contribution in [2.24, 2.45) is 0 Å². The topological polar surface area (TPSA) is 163 Å². The average molecular weight is 305 g/mol. The molecule has 3 atom stereocenters. The highest BCUT2D eigenvalue weighted by molar-refractivity contribution is 7.43. The number of anilines is 1. The minimum atomic E-state index is -5.22. The predicted molar refractivity (Wildman–Crippen MR) is 61.0 cm³/mol. The van der Waals surface area contributed by atoms with Crippen LogP contribution in [0.15, 0.2) is 17.1 Å². The van der Waals surface area contributed by atoms with E-state index in [1.54, 1.807) is 0 Å². The van der Waals surface area contributed by atoms with Gasteiger partial charge in [-0.05, 0) is 6.07 Å². The first-order valence-corrected chi connectivity index (χ1v) is 7.07. The summed E-state index contributed by atoms with van der Waals surface area (Å²) in [7, 11) is -5.22. The third kappa shape index (κ3) is 3.42. The summed E-state index contributed by atoms with van der Waals surface area (Å²) in [6.07, 6.45) is -1.86. The van der Waals surface area contributed by atoms with E-state index in [0.29, 0.717) is 0 Å². The van der Waals surface area contributed by atoms with Crippen LogP contribution in [-0.2, 0) is 13.8 Å². The van der Waals surface area contributed by atoms with Crippen molar-refractivity contribution in [1.82, 2.24) is 9.55 Å². The molecule has 0 amide bonds. The van der Waals surface area contributed by atoms with Crippen LogP contribution in [-0.4, -0.2) is 33.5 Å². The molecular formula is C9H12N3O7P-2. The molecule has 0 radical (unpaired) electrons. The Morgan fingerprint density at radius 3 is 2.90 bits per heavy atom. The molecule has 2 heterocycles. The van der Waals surface area contributed by atoms with Gasteiger partial charge in [-0.25, -0.2) is 4.79 Å². The van der Waals surface area contributed by atoms with Gasteiger partial charge in [0, 0.05) is 12.6 Å². The Bertz CT molecular complexity index is 585. The maximum absolute atomic E-state index is 11.6. The van der Waals surface area contributed by atoms with Crippen LogP contribution in [0, 0.1) is 0 Å². The van der Waals surface area contributed by atoms with Crippen LogP contribution in [0.3, 0.4) is 0 Å². The van der Waals surface area contributed by atoms with Gasteiger partial charge in [0.1, 0.15) is 18.1 Å². The zero-order chi connectivity index (χ0) is 14.9. The van der Waals surface area contributed by atoms with E-state index < -0.39 is 38.6 Å². The summed E-state index contributed by atoms with van der Waals surface area (Å²) in [5, 5.41) is 9.09. The van der Waals surface area contributed by atoms with Crippen LogP contribution in [0.25, 0.3) is 0 Å². The molecule has 1 aliphatic heterocycles. The summed E-state index contributed by atoms with van der Waals surface area (Å²) in [4.78, 5) is 36.4. The summed E-state index contributed by atoms with van der Waals surface area (Å²) in [5.41, 5.74) is 4.65. The van der Waals surface area contributed by atoms with Crippen molar-refractivity contribution in [2.45, 2.75) is 24.9 Å². The van der Waals surface area contributed by atoms with Gasteiger partial charge < -0.3 is 34.5 Å². The number of nitrogen functional groups attached to an aromatic ring is 1. The molecule has 1 aromatic heterocycles. The van der Waals surface area contributed by atoms with Gasteiger partial charge in [0.05, 0.1) is 20.5 Å². The van der Waals surface area contributed by atoms with Crippen LogP contribution in [0.4, 0.5) is 5.82 Å². The van der Waals surface area contributed by atoms with E-state index in [9.17, 15) is 19.1 Å². The number of aliphatic hydroxyl groups excluding tert-OH is 1. The molecule has 1 fully saturated rings. The number of aliphatic hydroxyl groups is 1. The molecule has 0 bridgehead atoms. The molecule has 1 saturated heterocycles. The van der Waals surface area contributed by atoms with Crippen LogP contribution >= 0.6 is 7.82 Å². The Morgan fingerprint density at radius 2 is 2.35 bits per heavy atom. The van der Waals surface area contributed by atoms with E-state index in [-0.39, 0.29) is 12.2 Å². The largest absolute Gasteiger partial charge is 0.790 e. The fraction of sp³-hybridized carbons (Fsp3) is 0.556. The van der Waals surface area contributed by atoms with Crippen molar-refractivity contribution >= 4 is 13.6 Å². The Kier molecular flexibility index (Phi) is 4.23. The lowest BCUT2D eigenvalue weighted by molar-refractivity contribution is -0.345. The smallest absolute Gasteiger partial charge is 0.351 e. The summed E-state index contributed by atoms with van der Waals surface area (Å²) in [6, 6.07) is 1.36. The molecule has 1 aromatic rings. The zero-order valence-electron chi connectivity index (χ0n) is 10.1. The third-order valence-electron chi connectivity index (χ3n) is 2.79. The van der Waals surface area contributed by atoms with E-state index in [2.05, 4.69) is 9.51 Å². The van der Waals surface area contributed by atoms with Crippen LogP contribution in [0.1, 0.15) is 12.6 Å². The lowest BCUT2D eigenvalue weighted by atomic mass is 10.2. The van der Waals surface area contributed by atoms with Crippen molar-refractivity contribution in [3.8, 4) is 0 Å². The summed E-state index contributed by atoms with van der Waals surface area (Å²) in [5.74, 6) is 0.0272. The number of nitrogens with zero attached hydrogens (tertiary/aromatic N) is 2. The highest BCUT2D eigenvalue weighted by Gasteiger charge is 2.37. The first-order chi connectivity index (χ1) is 9.30. The fourth-order valence-electron chi connectivity index (χ4n) is 1.96. The van der Waals surface area contributed by atoms with E-state index in [4.69, 9.17) is 15.6 Å². The Balaban J connectivity index is 2.20. The molecule has 112 valence electrons. The number of phosphoric acid groups is 1. The van der Waals surface area contributed by atoms with Gasteiger partial charge in [0.25, 0.3) is 0 Å². The Hall–Kier alpha value is -1.29. The molecule has 0 aliphatic carbocycles. The van der Waals surface area contributed by atoms with Crippen LogP contribution in [0.2, 0.25) is 0 Å². The fourth-order valence-corrected chi connectivity index (χ4v) is 2.51. The van der Waals surface area contributed by atoms with E-state index >= 15 is 0 Å². The molecule has 0 unspecified atom stereocenters. The molecule has 20 heavy (non-hydrogen) atoms. The first kappa shape index (κ1) is 15.1. The predicted octanol–water partition coefficient (Wildman–Crippen LogP) is -2.68. The highest BCUT2D eigenvalue weighted by atomic mass is 31.2. The molecular weight excluding hydrogens is 293 g/mol. The molecule has 0 aromatic carbocycles. The van der Waals surface area contributed by atoms with Gasteiger partial charge in [0.2, 0.25) is 0 Å². The van der Waals surface area contributed by atoms with Gasteiger partial charge >= 0.3 is 5.69 Å². The minimum Gasteiger partial charge on any atom is -0.790 e. The number of phosphoric ester groups is 1. The van der Waals surface area contributed by atoms with Gasteiger partial charge in [0.15, 0.2) is 0 Å². The number of hydrogen-bond donors (Lipinski definition) is 2. The second-order valence-electron chi connectivity index (χ2n) is 4.18. The summed E-state index contributed by atoms with van der Waals surface area (Å²) in [6.45, 7) is -0.557. The average Bonchev–Trinajstić information content (AvgIpc) is 2.69. The zero-order valence-corrected chi connectivity index (χ0v) is 11.0. The van der Waals surface area contributed by atoms with Gasteiger partial charge in [-0.2, -0.15) is 4.98 Å². The molecule has 2 rings (SSSR count). The SMILES string of the molecule is Nc1ccn([C@H]2C[C@H](OP(=O)([O-])[O-])[C@@H](CO)O2)c(=O)n1. The number of nitrogens with two attached hydrogens (primary N) is 1. The maximum Gasteiger partial charge on any atom is 0.351 e. The van der Waals surface area contributed by atoms with Gasteiger partial charge in [-0.15, -0.1) is 0 Å². The summed E-state index contributed by atoms with van der Waals surface area (Å²) >= 11 is 0. The van der Waals surface area contributed by atoms with Crippen molar-refractivity contribution in [3.63, 3.8) is 0 Å². The standard InChI is InChI=1S/C9H14N3O7P/c10-7-1-2-12(9(14)11-7)8-3-5(6(4-13)18-8)19-20(15,16)17/h1-2,5-6,8,13H,3-4H2,(H2,10,11,14)(H2,15,16,17)/p-2/t5-,6+,8+/m0/s1. The van der Waals surface area contributed by atoms with Crippen molar-refractivity contribution in [2.75, 3.05) is 12.3 Å². The Labute approximate surface area is 113 Å². The second kappa shape index (κ2) is 5.60. The molecule has 3 N–H and O–H groups in total. The van der Waals surface area contributed by atoms with Crippen LogP contribution < -0.4 is 21.2 Å². The normalized spacial score (nSPS) is 26.9. The molecule has 0 saturated carbocycles. The second-order valence-corrected chi connectivity index (χ2v) is 5.29.